The molecule has 2 aromatic carbocycles. The standard InChI is InChI=1S/C24H27N5O3S2/c1-3-29-21-12-11-18(34(30,31)28-13-7-4-8-14-28)15-20(21)25-24(29)33-16-22-26-23(27-32-22)19-10-6-5-9-17(19)2/h5-6,9-12,15H,3-4,7-8,13-14,16H2,1-2H3. The van der Waals surface area contributed by atoms with E-state index in [2.05, 4.69) is 14.7 Å². The minimum atomic E-state index is -3.50. The molecule has 4 aromatic rings. The Morgan fingerprint density at radius 2 is 1.85 bits per heavy atom. The van der Waals surface area contributed by atoms with Crippen molar-refractivity contribution in [2.24, 2.45) is 0 Å². The highest BCUT2D eigenvalue weighted by atomic mass is 32.2. The number of imidazole rings is 1. The summed E-state index contributed by atoms with van der Waals surface area (Å²) in [6.45, 7) is 5.95. The van der Waals surface area contributed by atoms with E-state index in [0.717, 1.165) is 47.6 Å². The Bertz CT molecular complexity index is 1420. The molecular formula is C24H27N5O3S2. The van der Waals surface area contributed by atoms with Gasteiger partial charge in [-0.1, -0.05) is 47.6 Å². The highest BCUT2D eigenvalue weighted by Gasteiger charge is 2.26. The molecule has 34 heavy (non-hydrogen) atoms. The van der Waals surface area contributed by atoms with E-state index >= 15 is 0 Å². The summed E-state index contributed by atoms with van der Waals surface area (Å²) in [6, 6.07) is 13.2. The van der Waals surface area contributed by atoms with Gasteiger partial charge in [0.15, 0.2) is 5.16 Å². The maximum Gasteiger partial charge on any atom is 0.243 e. The van der Waals surface area contributed by atoms with Gasteiger partial charge in [0.25, 0.3) is 0 Å². The van der Waals surface area contributed by atoms with Crippen molar-refractivity contribution in [2.45, 2.75) is 55.5 Å². The van der Waals surface area contributed by atoms with E-state index in [-0.39, 0.29) is 0 Å². The van der Waals surface area contributed by atoms with E-state index in [0.29, 0.717) is 41.0 Å². The zero-order valence-electron chi connectivity index (χ0n) is 19.3. The first-order chi connectivity index (χ1) is 16.5. The second-order valence-corrected chi connectivity index (χ2v) is 11.2. The first kappa shape index (κ1) is 23.1. The largest absolute Gasteiger partial charge is 0.338 e. The van der Waals surface area contributed by atoms with Crippen LogP contribution in [0.2, 0.25) is 0 Å². The molecule has 3 heterocycles. The molecular weight excluding hydrogens is 470 g/mol. The quantitative estimate of drug-likeness (QED) is 0.336. The van der Waals surface area contributed by atoms with Gasteiger partial charge in [-0.25, -0.2) is 13.4 Å². The summed E-state index contributed by atoms with van der Waals surface area (Å²) in [6.07, 6.45) is 2.90. The molecule has 8 nitrogen and oxygen atoms in total. The fourth-order valence-electron chi connectivity index (χ4n) is 4.29. The third-order valence-electron chi connectivity index (χ3n) is 6.13. The van der Waals surface area contributed by atoms with Crippen molar-refractivity contribution in [3.05, 3.63) is 53.9 Å². The number of aryl methyl sites for hydroxylation is 2. The van der Waals surface area contributed by atoms with Gasteiger partial charge in [-0.15, -0.1) is 0 Å². The lowest BCUT2D eigenvalue weighted by Gasteiger charge is -2.25. The highest BCUT2D eigenvalue weighted by molar-refractivity contribution is 7.98. The van der Waals surface area contributed by atoms with Gasteiger partial charge in [0.1, 0.15) is 0 Å². The van der Waals surface area contributed by atoms with Crippen LogP contribution in [0.5, 0.6) is 0 Å². The number of hydrogen-bond donors (Lipinski definition) is 0. The normalized spacial score (nSPS) is 15.2. The maximum absolute atomic E-state index is 13.1. The van der Waals surface area contributed by atoms with Crippen molar-refractivity contribution in [3.8, 4) is 11.4 Å². The van der Waals surface area contributed by atoms with Crippen molar-refractivity contribution in [2.75, 3.05) is 13.1 Å². The van der Waals surface area contributed by atoms with Gasteiger partial charge in [0, 0.05) is 25.2 Å². The second-order valence-electron chi connectivity index (χ2n) is 8.37. The zero-order valence-corrected chi connectivity index (χ0v) is 20.9. The lowest BCUT2D eigenvalue weighted by Crippen LogP contribution is -2.35. The number of thioether (sulfide) groups is 1. The topological polar surface area (TPSA) is 94.1 Å². The van der Waals surface area contributed by atoms with Crippen molar-refractivity contribution in [3.63, 3.8) is 0 Å². The summed E-state index contributed by atoms with van der Waals surface area (Å²) in [5.74, 6) is 1.57. The van der Waals surface area contributed by atoms with Crippen molar-refractivity contribution >= 4 is 32.8 Å². The van der Waals surface area contributed by atoms with Crippen molar-refractivity contribution in [1.29, 1.82) is 0 Å². The predicted molar refractivity (Wildman–Crippen MR) is 132 cm³/mol. The number of hydrogen-bond acceptors (Lipinski definition) is 7. The van der Waals surface area contributed by atoms with E-state index in [1.54, 1.807) is 16.4 Å². The Labute approximate surface area is 203 Å². The number of nitrogens with zero attached hydrogens (tertiary/aromatic N) is 5. The molecule has 0 aliphatic carbocycles. The summed E-state index contributed by atoms with van der Waals surface area (Å²) in [7, 11) is -3.50. The predicted octanol–water partition coefficient (Wildman–Crippen LogP) is 4.88. The Hall–Kier alpha value is -2.69. The number of rotatable bonds is 7. The molecule has 0 unspecified atom stereocenters. The van der Waals surface area contributed by atoms with Crippen LogP contribution in [0.15, 0.2) is 57.0 Å². The number of piperidine rings is 1. The molecule has 1 saturated heterocycles. The molecule has 0 atom stereocenters. The van der Waals surface area contributed by atoms with Crippen LogP contribution in [0, 0.1) is 6.92 Å². The Morgan fingerprint density at radius 1 is 1.06 bits per heavy atom. The van der Waals surface area contributed by atoms with Gasteiger partial charge in [-0.05, 0) is 50.5 Å². The van der Waals surface area contributed by atoms with Crippen molar-refractivity contribution < 1.29 is 12.9 Å². The smallest absolute Gasteiger partial charge is 0.243 e. The molecule has 1 fully saturated rings. The van der Waals surface area contributed by atoms with Crippen LogP contribution in [0.25, 0.3) is 22.4 Å². The number of benzene rings is 2. The number of aromatic nitrogens is 4. The van der Waals surface area contributed by atoms with E-state index in [1.807, 2.05) is 44.2 Å². The molecule has 0 spiro atoms. The average Bonchev–Trinajstić information content (AvgIpc) is 3.47. The molecule has 0 N–H and O–H groups in total. The fraction of sp³-hybridized carbons (Fsp3) is 0.375. The molecule has 5 rings (SSSR count). The Kier molecular flexibility index (Phi) is 6.46. The fourth-order valence-corrected chi connectivity index (χ4v) is 6.74. The first-order valence-corrected chi connectivity index (χ1v) is 13.9. The van der Waals surface area contributed by atoms with E-state index in [9.17, 15) is 8.42 Å². The van der Waals surface area contributed by atoms with Gasteiger partial charge >= 0.3 is 0 Å². The highest BCUT2D eigenvalue weighted by Crippen LogP contribution is 2.30. The Morgan fingerprint density at radius 3 is 2.62 bits per heavy atom. The van der Waals surface area contributed by atoms with Crippen LogP contribution in [-0.4, -0.2) is 45.5 Å². The molecule has 10 heteroatoms. The summed E-state index contributed by atoms with van der Waals surface area (Å²) in [5, 5.41) is 4.92. The minimum absolute atomic E-state index is 0.305. The molecule has 0 saturated carbocycles. The molecule has 2 aromatic heterocycles. The first-order valence-electron chi connectivity index (χ1n) is 11.5. The maximum atomic E-state index is 13.1. The van der Waals surface area contributed by atoms with Gasteiger partial charge in [0.2, 0.25) is 21.7 Å². The third kappa shape index (κ3) is 4.37. The number of fused-ring (bicyclic) bond motifs is 1. The molecule has 0 amide bonds. The lowest BCUT2D eigenvalue weighted by molar-refractivity contribution is 0.346. The summed E-state index contributed by atoms with van der Waals surface area (Å²) in [5.41, 5.74) is 3.62. The third-order valence-corrected chi connectivity index (χ3v) is 8.99. The van der Waals surface area contributed by atoms with Crippen LogP contribution in [0.3, 0.4) is 0 Å². The van der Waals surface area contributed by atoms with Gasteiger partial charge in [0.05, 0.1) is 21.7 Å². The molecule has 0 radical (unpaired) electrons. The SMILES string of the molecule is CCn1c(SCc2nc(-c3ccccc3C)no2)nc2cc(S(=O)(=O)N3CCCCC3)ccc21. The van der Waals surface area contributed by atoms with Gasteiger partial charge < -0.3 is 9.09 Å². The Balaban J connectivity index is 1.38. The van der Waals surface area contributed by atoms with E-state index < -0.39 is 10.0 Å². The minimum Gasteiger partial charge on any atom is -0.338 e. The van der Waals surface area contributed by atoms with Crippen LogP contribution < -0.4 is 0 Å². The number of sulfonamides is 1. The van der Waals surface area contributed by atoms with Crippen LogP contribution in [-0.2, 0) is 22.3 Å². The molecule has 178 valence electrons. The summed E-state index contributed by atoms with van der Waals surface area (Å²) in [4.78, 5) is 9.60. The van der Waals surface area contributed by atoms with E-state index in [1.165, 1.54) is 11.8 Å². The monoisotopic (exact) mass is 497 g/mol. The zero-order chi connectivity index (χ0) is 23.7. The second kappa shape index (κ2) is 9.52. The van der Waals surface area contributed by atoms with Gasteiger partial charge in [-0.3, -0.25) is 0 Å². The molecule has 1 aliphatic rings. The van der Waals surface area contributed by atoms with E-state index in [4.69, 9.17) is 9.51 Å². The molecule has 1 aliphatic heterocycles. The van der Waals surface area contributed by atoms with Crippen LogP contribution >= 0.6 is 11.8 Å². The average molecular weight is 498 g/mol. The van der Waals surface area contributed by atoms with Crippen LogP contribution in [0.1, 0.15) is 37.6 Å². The summed E-state index contributed by atoms with van der Waals surface area (Å²) < 4.78 is 35.3. The molecule has 0 bridgehead atoms. The van der Waals surface area contributed by atoms with Gasteiger partial charge in [-0.2, -0.15) is 9.29 Å². The lowest BCUT2D eigenvalue weighted by atomic mass is 10.1. The summed E-state index contributed by atoms with van der Waals surface area (Å²) >= 11 is 1.50. The van der Waals surface area contributed by atoms with Crippen LogP contribution in [0.4, 0.5) is 0 Å². The van der Waals surface area contributed by atoms with Crippen molar-refractivity contribution in [1.82, 2.24) is 24.0 Å².